The lowest BCUT2D eigenvalue weighted by atomic mass is 10.3. The molecule has 0 atom stereocenters. The van der Waals surface area contributed by atoms with E-state index in [-0.39, 0.29) is 15.3 Å². The molecule has 0 radical (unpaired) electrons. The number of nitrogens with zero attached hydrogens (tertiary/aromatic N) is 2. The molecule has 0 saturated carbocycles. The smallest absolute Gasteiger partial charge is 0.265 e. The van der Waals surface area contributed by atoms with Gasteiger partial charge >= 0.3 is 0 Å². The maximum absolute atomic E-state index is 13.5. The summed E-state index contributed by atoms with van der Waals surface area (Å²) in [6.07, 6.45) is 1.95. The number of rotatable bonds is 3. The summed E-state index contributed by atoms with van der Waals surface area (Å²) < 4.78 is 52.4. The molecule has 1 aromatic carbocycles. The molecule has 6 nitrogen and oxygen atoms in total. The first-order chi connectivity index (χ1) is 9.29. The number of nitrogen functional groups attached to an aromatic ring is 1. The van der Waals surface area contributed by atoms with Gasteiger partial charge in [-0.3, -0.25) is 4.72 Å². The molecule has 1 aromatic heterocycles. The summed E-state index contributed by atoms with van der Waals surface area (Å²) in [4.78, 5) is 6.75. The molecule has 0 aliphatic rings. The number of benzene rings is 1. The summed E-state index contributed by atoms with van der Waals surface area (Å²) >= 11 is 2.84. The Morgan fingerprint density at radius 1 is 1.15 bits per heavy atom. The molecule has 0 spiro atoms. The summed E-state index contributed by atoms with van der Waals surface area (Å²) in [5.41, 5.74) is 4.83. The second kappa shape index (κ2) is 5.29. The summed E-state index contributed by atoms with van der Waals surface area (Å²) in [5, 5.41) is 0. The van der Waals surface area contributed by atoms with Gasteiger partial charge in [-0.15, -0.1) is 0 Å². The first-order valence-corrected chi connectivity index (χ1v) is 7.32. The Hall–Kier alpha value is -1.81. The lowest BCUT2D eigenvalue weighted by Gasteiger charge is -2.09. The Labute approximate surface area is 121 Å². The van der Waals surface area contributed by atoms with Crippen LogP contribution in [0.4, 0.5) is 20.4 Å². The van der Waals surface area contributed by atoms with E-state index in [9.17, 15) is 17.2 Å². The van der Waals surface area contributed by atoms with Gasteiger partial charge in [-0.05, 0) is 22.0 Å². The third-order valence-corrected chi connectivity index (χ3v) is 4.14. The topological polar surface area (TPSA) is 98.0 Å². The van der Waals surface area contributed by atoms with Crippen molar-refractivity contribution in [1.29, 1.82) is 0 Å². The largest absolute Gasteiger partial charge is 0.368 e. The predicted octanol–water partition coefficient (Wildman–Crippen LogP) is 1.90. The minimum absolute atomic E-state index is 0.0786. The minimum atomic E-state index is -4.10. The molecule has 3 N–H and O–H groups in total. The maximum atomic E-state index is 13.5. The number of halogens is 3. The van der Waals surface area contributed by atoms with Crippen LogP contribution in [-0.4, -0.2) is 18.4 Å². The van der Waals surface area contributed by atoms with Crippen LogP contribution >= 0.6 is 15.9 Å². The quantitative estimate of drug-likeness (QED) is 0.810. The van der Waals surface area contributed by atoms with Gasteiger partial charge in [0.05, 0.1) is 22.6 Å². The molecule has 0 aliphatic carbocycles. The van der Waals surface area contributed by atoms with E-state index < -0.39 is 27.3 Å². The first-order valence-electron chi connectivity index (χ1n) is 5.04. The van der Waals surface area contributed by atoms with Crippen LogP contribution < -0.4 is 10.5 Å². The van der Waals surface area contributed by atoms with E-state index in [1.165, 1.54) is 0 Å². The first kappa shape index (κ1) is 14.6. The van der Waals surface area contributed by atoms with Gasteiger partial charge < -0.3 is 5.73 Å². The lowest BCUT2D eigenvalue weighted by Crippen LogP contribution is -2.15. The normalized spacial score (nSPS) is 11.3. The fraction of sp³-hybridized carbons (Fsp3) is 0. The van der Waals surface area contributed by atoms with Crippen molar-refractivity contribution in [3.05, 3.63) is 40.6 Å². The molecule has 20 heavy (non-hydrogen) atoms. The molecule has 0 amide bonds. The van der Waals surface area contributed by atoms with Crippen LogP contribution in [-0.2, 0) is 10.0 Å². The van der Waals surface area contributed by atoms with Crippen LogP contribution in [0.3, 0.4) is 0 Å². The molecule has 0 saturated heterocycles. The van der Waals surface area contributed by atoms with Crippen LogP contribution in [0.2, 0.25) is 0 Å². The Kier molecular flexibility index (Phi) is 3.86. The number of aromatic nitrogens is 2. The average Bonchev–Trinajstić information content (AvgIpc) is 2.36. The van der Waals surface area contributed by atoms with Gasteiger partial charge in [-0.25, -0.2) is 27.2 Å². The number of anilines is 2. The zero-order chi connectivity index (χ0) is 14.9. The Bertz CT molecular complexity index is 753. The minimum Gasteiger partial charge on any atom is -0.368 e. The summed E-state index contributed by atoms with van der Waals surface area (Å²) in [6, 6.07) is 1.53. The van der Waals surface area contributed by atoms with E-state index in [0.717, 1.165) is 18.5 Å². The second-order valence-electron chi connectivity index (χ2n) is 3.63. The van der Waals surface area contributed by atoms with Crippen molar-refractivity contribution in [2.45, 2.75) is 4.90 Å². The van der Waals surface area contributed by atoms with Gasteiger partial charge in [0.1, 0.15) is 16.5 Å². The lowest BCUT2D eigenvalue weighted by molar-refractivity contribution is 0.579. The number of sulfonamides is 1. The fourth-order valence-electron chi connectivity index (χ4n) is 1.27. The van der Waals surface area contributed by atoms with Crippen molar-refractivity contribution in [2.24, 2.45) is 0 Å². The molecule has 106 valence electrons. The van der Waals surface area contributed by atoms with Gasteiger partial charge in [-0.2, -0.15) is 0 Å². The molecule has 10 heteroatoms. The van der Waals surface area contributed by atoms with E-state index in [0.29, 0.717) is 6.07 Å². The van der Waals surface area contributed by atoms with Gasteiger partial charge in [0.15, 0.2) is 0 Å². The van der Waals surface area contributed by atoms with E-state index in [1.807, 2.05) is 4.72 Å². The van der Waals surface area contributed by atoms with Crippen molar-refractivity contribution >= 4 is 37.6 Å². The highest BCUT2D eigenvalue weighted by Crippen LogP contribution is 2.25. The molecular weight excluding hydrogens is 358 g/mol. The monoisotopic (exact) mass is 364 g/mol. The standard InChI is InChI=1S/C10H7BrF2N4O2S/c11-6-1-9(8(13)2-7(6)12)17-20(18,19)5-3-15-10(14)16-4-5/h1-4,17H,(H2,14,15,16). The second-order valence-corrected chi connectivity index (χ2v) is 6.17. The van der Waals surface area contributed by atoms with Gasteiger partial charge in [0.2, 0.25) is 5.95 Å². The van der Waals surface area contributed by atoms with Gasteiger partial charge in [0, 0.05) is 6.07 Å². The fourth-order valence-corrected chi connectivity index (χ4v) is 2.56. The number of nitrogens with one attached hydrogen (secondary N) is 1. The highest BCUT2D eigenvalue weighted by molar-refractivity contribution is 9.10. The van der Waals surface area contributed by atoms with Crippen molar-refractivity contribution in [1.82, 2.24) is 9.97 Å². The van der Waals surface area contributed by atoms with Crippen LogP contribution in [0.1, 0.15) is 0 Å². The summed E-state index contributed by atoms with van der Waals surface area (Å²) in [7, 11) is -4.10. The summed E-state index contributed by atoms with van der Waals surface area (Å²) in [5.74, 6) is -1.99. The van der Waals surface area contributed by atoms with E-state index in [4.69, 9.17) is 5.73 Å². The molecule has 0 bridgehead atoms. The summed E-state index contributed by atoms with van der Waals surface area (Å²) in [6.45, 7) is 0. The third-order valence-electron chi connectivity index (χ3n) is 2.21. The number of hydrogen-bond donors (Lipinski definition) is 2. The SMILES string of the molecule is Nc1ncc(S(=O)(=O)Nc2cc(Br)c(F)cc2F)cn1. The van der Waals surface area contributed by atoms with Crippen LogP contribution in [0.25, 0.3) is 0 Å². The predicted molar refractivity (Wildman–Crippen MR) is 71.3 cm³/mol. The van der Waals surface area contributed by atoms with Crippen molar-refractivity contribution in [3.63, 3.8) is 0 Å². The number of hydrogen-bond acceptors (Lipinski definition) is 5. The Morgan fingerprint density at radius 2 is 1.75 bits per heavy atom. The van der Waals surface area contributed by atoms with Gasteiger partial charge in [-0.1, -0.05) is 0 Å². The van der Waals surface area contributed by atoms with Gasteiger partial charge in [0.25, 0.3) is 10.0 Å². The molecule has 0 aliphatic heterocycles. The van der Waals surface area contributed by atoms with E-state index in [1.54, 1.807) is 0 Å². The zero-order valence-electron chi connectivity index (χ0n) is 9.64. The molecule has 2 aromatic rings. The Morgan fingerprint density at radius 3 is 2.35 bits per heavy atom. The van der Waals surface area contributed by atoms with Crippen molar-refractivity contribution < 1.29 is 17.2 Å². The highest BCUT2D eigenvalue weighted by Gasteiger charge is 2.18. The number of nitrogens with two attached hydrogens (primary N) is 1. The highest BCUT2D eigenvalue weighted by atomic mass is 79.9. The van der Waals surface area contributed by atoms with Crippen LogP contribution in [0.5, 0.6) is 0 Å². The third kappa shape index (κ3) is 3.02. The van der Waals surface area contributed by atoms with E-state index in [2.05, 4.69) is 25.9 Å². The maximum Gasteiger partial charge on any atom is 0.265 e. The average molecular weight is 365 g/mol. The molecular formula is C10H7BrF2N4O2S. The molecule has 2 rings (SSSR count). The van der Waals surface area contributed by atoms with Crippen molar-refractivity contribution in [2.75, 3.05) is 10.5 Å². The molecule has 0 fully saturated rings. The van der Waals surface area contributed by atoms with Crippen LogP contribution in [0, 0.1) is 11.6 Å². The van der Waals surface area contributed by atoms with Crippen LogP contribution in [0.15, 0.2) is 33.9 Å². The van der Waals surface area contributed by atoms with Crippen molar-refractivity contribution in [3.8, 4) is 0 Å². The Balaban J connectivity index is 2.38. The zero-order valence-corrected chi connectivity index (χ0v) is 12.0. The molecule has 0 unspecified atom stereocenters. The molecule has 1 heterocycles. The van der Waals surface area contributed by atoms with E-state index >= 15 is 0 Å².